The molecule has 0 aliphatic heterocycles. The number of nitrogens with one attached hydrogen (secondary N) is 1. The van der Waals surface area contributed by atoms with E-state index in [2.05, 4.69) is 20.6 Å². The van der Waals surface area contributed by atoms with E-state index in [9.17, 15) is 4.79 Å². The van der Waals surface area contributed by atoms with Gasteiger partial charge in [-0.2, -0.15) is 5.21 Å². The van der Waals surface area contributed by atoms with Gasteiger partial charge in [-0.3, -0.25) is 4.79 Å². The normalized spacial score (nSPS) is 10.7. The number of rotatable bonds is 3. The predicted molar refractivity (Wildman–Crippen MR) is 54.7 cm³/mol. The van der Waals surface area contributed by atoms with Crippen LogP contribution in [0.15, 0.2) is 30.3 Å². The van der Waals surface area contributed by atoms with Gasteiger partial charge in [0.1, 0.15) is 6.29 Å². The Balaban J connectivity index is 2.47. The fraction of sp³-hybridized carbons (Fsp3) is 0. The number of nitrogens with zero attached hydrogens (tertiary/aromatic N) is 3. The third kappa shape index (κ3) is 1.96. The van der Waals surface area contributed by atoms with Crippen molar-refractivity contribution in [2.75, 3.05) is 0 Å². The van der Waals surface area contributed by atoms with Crippen molar-refractivity contribution in [3.63, 3.8) is 0 Å². The summed E-state index contributed by atoms with van der Waals surface area (Å²) >= 11 is 0. The standard InChI is InChI=1S/C10H8N4O/c15-7-3-5-8-4-1-2-6-9(8)10-11-13-14-12-10/h1-7H,(H,11,12,13,14)/b5-3+. The number of allylic oxidation sites excluding steroid dienone is 1. The monoisotopic (exact) mass is 200 g/mol. The number of H-pyrrole nitrogens is 1. The van der Waals surface area contributed by atoms with E-state index in [4.69, 9.17) is 0 Å². The van der Waals surface area contributed by atoms with Crippen LogP contribution in [0.1, 0.15) is 5.56 Å². The van der Waals surface area contributed by atoms with Crippen LogP contribution in [0.5, 0.6) is 0 Å². The molecular formula is C10H8N4O. The van der Waals surface area contributed by atoms with E-state index in [1.165, 1.54) is 6.08 Å². The zero-order valence-electron chi connectivity index (χ0n) is 7.79. The molecule has 5 nitrogen and oxygen atoms in total. The molecule has 0 saturated heterocycles. The Morgan fingerprint density at radius 1 is 1.27 bits per heavy atom. The Kier molecular flexibility index (Phi) is 2.64. The Morgan fingerprint density at radius 2 is 2.13 bits per heavy atom. The number of benzene rings is 1. The van der Waals surface area contributed by atoms with E-state index in [1.807, 2.05) is 24.3 Å². The summed E-state index contributed by atoms with van der Waals surface area (Å²) in [6.07, 6.45) is 3.87. The fourth-order valence-electron chi connectivity index (χ4n) is 1.26. The highest BCUT2D eigenvalue weighted by atomic mass is 16.1. The number of carbonyl (C=O) groups is 1. The minimum absolute atomic E-state index is 0.515. The summed E-state index contributed by atoms with van der Waals surface area (Å²) in [5.41, 5.74) is 1.72. The second kappa shape index (κ2) is 4.28. The van der Waals surface area contributed by atoms with E-state index in [0.29, 0.717) is 5.82 Å². The average molecular weight is 200 g/mol. The summed E-state index contributed by atoms with van der Waals surface area (Å²) in [6.45, 7) is 0. The lowest BCUT2D eigenvalue weighted by Gasteiger charge is -1.99. The van der Waals surface area contributed by atoms with Crippen molar-refractivity contribution < 1.29 is 4.79 Å². The number of aromatic amines is 1. The topological polar surface area (TPSA) is 71.5 Å². The third-order valence-electron chi connectivity index (χ3n) is 1.90. The Morgan fingerprint density at radius 3 is 2.87 bits per heavy atom. The largest absolute Gasteiger partial charge is 0.299 e. The van der Waals surface area contributed by atoms with Crippen LogP contribution in [0, 0.1) is 0 Å². The maximum absolute atomic E-state index is 10.2. The van der Waals surface area contributed by atoms with Crippen LogP contribution < -0.4 is 0 Å². The summed E-state index contributed by atoms with van der Waals surface area (Å²) in [5.74, 6) is 0.515. The second-order valence-electron chi connectivity index (χ2n) is 2.82. The minimum atomic E-state index is 0.515. The lowest BCUT2D eigenvalue weighted by atomic mass is 10.1. The van der Waals surface area contributed by atoms with Crippen LogP contribution in [-0.2, 0) is 4.79 Å². The van der Waals surface area contributed by atoms with E-state index < -0.39 is 0 Å². The highest BCUT2D eigenvalue weighted by Gasteiger charge is 2.05. The van der Waals surface area contributed by atoms with Gasteiger partial charge in [-0.25, -0.2) is 0 Å². The van der Waals surface area contributed by atoms with Gasteiger partial charge in [-0.15, -0.1) is 10.2 Å². The number of tetrazole rings is 1. The average Bonchev–Trinajstić information content (AvgIpc) is 2.80. The number of aromatic nitrogens is 4. The van der Waals surface area contributed by atoms with Crippen molar-refractivity contribution in [1.29, 1.82) is 0 Å². The molecular weight excluding hydrogens is 192 g/mol. The summed E-state index contributed by atoms with van der Waals surface area (Å²) in [6, 6.07) is 7.51. The van der Waals surface area contributed by atoms with Gasteiger partial charge in [0.15, 0.2) is 0 Å². The Bertz CT molecular complexity index is 476. The molecule has 1 aromatic heterocycles. The van der Waals surface area contributed by atoms with E-state index >= 15 is 0 Å². The molecule has 1 heterocycles. The van der Waals surface area contributed by atoms with Gasteiger partial charge in [0.05, 0.1) is 0 Å². The summed E-state index contributed by atoms with van der Waals surface area (Å²) in [7, 11) is 0. The zero-order valence-corrected chi connectivity index (χ0v) is 7.79. The van der Waals surface area contributed by atoms with Crippen molar-refractivity contribution in [3.8, 4) is 11.4 Å². The first kappa shape index (κ1) is 9.26. The molecule has 15 heavy (non-hydrogen) atoms. The molecule has 1 N–H and O–H groups in total. The first-order chi connectivity index (χ1) is 7.42. The van der Waals surface area contributed by atoms with Gasteiger partial charge >= 0.3 is 0 Å². The molecule has 74 valence electrons. The van der Waals surface area contributed by atoms with Gasteiger partial charge in [0.25, 0.3) is 0 Å². The van der Waals surface area contributed by atoms with Crippen molar-refractivity contribution in [2.24, 2.45) is 0 Å². The summed E-state index contributed by atoms with van der Waals surface area (Å²) < 4.78 is 0. The molecule has 5 heteroatoms. The number of hydrogen-bond donors (Lipinski definition) is 1. The van der Waals surface area contributed by atoms with Crippen molar-refractivity contribution in [2.45, 2.75) is 0 Å². The fourth-order valence-corrected chi connectivity index (χ4v) is 1.26. The quantitative estimate of drug-likeness (QED) is 0.594. The minimum Gasteiger partial charge on any atom is -0.299 e. The molecule has 1 aromatic carbocycles. The first-order valence-corrected chi connectivity index (χ1v) is 4.36. The molecule has 0 radical (unpaired) electrons. The maximum Gasteiger partial charge on any atom is 0.205 e. The van der Waals surface area contributed by atoms with Crippen LogP contribution >= 0.6 is 0 Å². The molecule has 0 saturated carbocycles. The Labute approximate surface area is 85.8 Å². The van der Waals surface area contributed by atoms with Crippen LogP contribution in [0.3, 0.4) is 0 Å². The SMILES string of the molecule is O=C/C=C/c1ccccc1-c1nn[nH]n1. The molecule has 0 bridgehead atoms. The molecule has 0 aliphatic carbocycles. The van der Waals surface area contributed by atoms with Crippen LogP contribution in [0.2, 0.25) is 0 Å². The number of aldehydes is 1. The molecule has 0 atom stereocenters. The van der Waals surface area contributed by atoms with Gasteiger partial charge in [-0.05, 0) is 16.9 Å². The zero-order chi connectivity index (χ0) is 10.5. The third-order valence-corrected chi connectivity index (χ3v) is 1.90. The predicted octanol–water partition coefficient (Wildman–Crippen LogP) is 1.08. The highest BCUT2D eigenvalue weighted by Crippen LogP contribution is 2.19. The van der Waals surface area contributed by atoms with Crippen molar-refractivity contribution in [3.05, 3.63) is 35.9 Å². The molecule has 0 aliphatic rings. The first-order valence-electron chi connectivity index (χ1n) is 4.36. The van der Waals surface area contributed by atoms with Crippen LogP contribution in [-0.4, -0.2) is 26.9 Å². The van der Waals surface area contributed by atoms with Gasteiger partial charge < -0.3 is 0 Å². The van der Waals surface area contributed by atoms with Crippen LogP contribution in [0.4, 0.5) is 0 Å². The van der Waals surface area contributed by atoms with E-state index in [1.54, 1.807) is 6.08 Å². The van der Waals surface area contributed by atoms with Gasteiger partial charge in [-0.1, -0.05) is 30.3 Å². The molecule has 0 spiro atoms. The second-order valence-corrected chi connectivity index (χ2v) is 2.82. The smallest absolute Gasteiger partial charge is 0.205 e. The van der Waals surface area contributed by atoms with E-state index in [0.717, 1.165) is 17.4 Å². The number of hydrogen-bond acceptors (Lipinski definition) is 4. The molecule has 2 aromatic rings. The van der Waals surface area contributed by atoms with Crippen molar-refractivity contribution >= 4 is 12.4 Å². The lowest BCUT2D eigenvalue weighted by Crippen LogP contribution is -1.85. The van der Waals surface area contributed by atoms with Crippen molar-refractivity contribution in [1.82, 2.24) is 20.6 Å². The van der Waals surface area contributed by atoms with Crippen LogP contribution in [0.25, 0.3) is 17.5 Å². The number of carbonyl (C=O) groups excluding carboxylic acids is 1. The Hall–Kier alpha value is -2.30. The maximum atomic E-state index is 10.2. The molecule has 0 fully saturated rings. The van der Waals surface area contributed by atoms with Gasteiger partial charge in [0.2, 0.25) is 5.82 Å². The van der Waals surface area contributed by atoms with E-state index in [-0.39, 0.29) is 0 Å². The lowest BCUT2D eigenvalue weighted by molar-refractivity contribution is -0.104. The molecule has 0 unspecified atom stereocenters. The highest BCUT2D eigenvalue weighted by molar-refractivity contribution is 5.78. The molecule has 0 amide bonds. The summed E-state index contributed by atoms with van der Waals surface area (Å²) in [4.78, 5) is 10.2. The summed E-state index contributed by atoms with van der Waals surface area (Å²) in [5, 5.41) is 13.6. The molecule has 2 rings (SSSR count). The van der Waals surface area contributed by atoms with Gasteiger partial charge in [0, 0.05) is 5.56 Å².